The van der Waals surface area contributed by atoms with Gasteiger partial charge < -0.3 is 9.47 Å². The molecule has 134 valence electrons. The van der Waals surface area contributed by atoms with Crippen LogP contribution in [0.4, 0.5) is 5.82 Å². The summed E-state index contributed by atoms with van der Waals surface area (Å²) in [5.41, 5.74) is 4.80. The van der Waals surface area contributed by atoms with Crippen molar-refractivity contribution in [3.63, 3.8) is 0 Å². The van der Waals surface area contributed by atoms with E-state index in [2.05, 4.69) is 15.5 Å². The Kier molecular flexibility index (Phi) is 4.58. The first-order valence-electron chi connectivity index (χ1n) is 8.58. The third kappa shape index (κ3) is 3.40. The van der Waals surface area contributed by atoms with E-state index in [1.807, 2.05) is 66.7 Å². The van der Waals surface area contributed by atoms with Crippen molar-refractivity contribution in [1.29, 1.82) is 0 Å². The molecular formula is C22H19N3O2. The van der Waals surface area contributed by atoms with Crippen molar-refractivity contribution in [1.82, 2.24) is 4.98 Å². The molecule has 0 fully saturated rings. The predicted octanol–water partition coefficient (Wildman–Crippen LogP) is 4.85. The van der Waals surface area contributed by atoms with Gasteiger partial charge in [-0.25, -0.2) is 4.98 Å². The van der Waals surface area contributed by atoms with Gasteiger partial charge in [0.25, 0.3) is 0 Å². The lowest BCUT2D eigenvalue weighted by Gasteiger charge is -2.10. The number of fused-ring (bicyclic) bond motifs is 2. The first kappa shape index (κ1) is 16.8. The lowest BCUT2D eigenvalue weighted by molar-refractivity contribution is 0.413. The molecule has 0 unspecified atom stereocenters. The smallest absolute Gasteiger partial charge is 0.146 e. The molecule has 0 aliphatic carbocycles. The van der Waals surface area contributed by atoms with Gasteiger partial charge >= 0.3 is 0 Å². The largest absolute Gasteiger partial charge is 0.497 e. The zero-order valence-electron chi connectivity index (χ0n) is 15.1. The highest BCUT2D eigenvalue weighted by molar-refractivity contribution is 6.03. The fourth-order valence-corrected chi connectivity index (χ4v) is 3.03. The van der Waals surface area contributed by atoms with Crippen molar-refractivity contribution in [3.8, 4) is 11.5 Å². The highest BCUT2D eigenvalue weighted by Gasteiger charge is 2.08. The van der Waals surface area contributed by atoms with Crippen LogP contribution in [0.2, 0.25) is 0 Å². The van der Waals surface area contributed by atoms with Gasteiger partial charge in [-0.05, 0) is 47.2 Å². The van der Waals surface area contributed by atoms with E-state index in [0.29, 0.717) is 5.82 Å². The SMILES string of the molecule is COc1ccc2ccc(OC)c(/C=N\Nc3ccc4ccccc4n3)c2c1. The van der Waals surface area contributed by atoms with Crippen LogP contribution in [0, 0.1) is 0 Å². The van der Waals surface area contributed by atoms with Crippen molar-refractivity contribution in [2.45, 2.75) is 0 Å². The van der Waals surface area contributed by atoms with Gasteiger partial charge in [-0.15, -0.1) is 0 Å². The van der Waals surface area contributed by atoms with Gasteiger partial charge in [0.2, 0.25) is 0 Å². The number of anilines is 1. The summed E-state index contributed by atoms with van der Waals surface area (Å²) >= 11 is 0. The molecule has 5 heteroatoms. The van der Waals surface area contributed by atoms with Crippen LogP contribution in [0.1, 0.15) is 5.56 Å². The Balaban J connectivity index is 1.68. The molecule has 0 aliphatic rings. The lowest BCUT2D eigenvalue weighted by atomic mass is 10.0. The van der Waals surface area contributed by atoms with E-state index in [1.54, 1.807) is 20.4 Å². The number of hydrazone groups is 1. The average molecular weight is 357 g/mol. The van der Waals surface area contributed by atoms with Crippen LogP contribution in [-0.2, 0) is 0 Å². The summed E-state index contributed by atoms with van der Waals surface area (Å²) in [5, 5.41) is 7.56. The van der Waals surface area contributed by atoms with Gasteiger partial charge in [0.05, 0.1) is 26.0 Å². The summed E-state index contributed by atoms with van der Waals surface area (Å²) in [5.74, 6) is 2.21. The highest BCUT2D eigenvalue weighted by Crippen LogP contribution is 2.29. The molecular weight excluding hydrogens is 338 g/mol. The van der Waals surface area contributed by atoms with Crippen molar-refractivity contribution < 1.29 is 9.47 Å². The number of hydrogen-bond acceptors (Lipinski definition) is 5. The van der Waals surface area contributed by atoms with Gasteiger partial charge in [0.15, 0.2) is 0 Å². The summed E-state index contributed by atoms with van der Waals surface area (Å²) in [6.45, 7) is 0. The Hall–Kier alpha value is -3.60. The molecule has 0 saturated carbocycles. The maximum Gasteiger partial charge on any atom is 0.146 e. The summed E-state index contributed by atoms with van der Waals surface area (Å²) < 4.78 is 10.9. The zero-order valence-corrected chi connectivity index (χ0v) is 15.1. The number of benzene rings is 3. The summed E-state index contributed by atoms with van der Waals surface area (Å²) in [6, 6.07) is 21.8. The summed E-state index contributed by atoms with van der Waals surface area (Å²) in [6.07, 6.45) is 1.75. The number of para-hydroxylation sites is 1. The van der Waals surface area contributed by atoms with Crippen molar-refractivity contribution >= 4 is 33.7 Å². The molecule has 27 heavy (non-hydrogen) atoms. The van der Waals surface area contributed by atoms with Crippen LogP contribution in [0.15, 0.2) is 71.8 Å². The Labute approximate surface area is 157 Å². The third-order valence-electron chi connectivity index (χ3n) is 4.42. The highest BCUT2D eigenvalue weighted by atomic mass is 16.5. The fraction of sp³-hybridized carbons (Fsp3) is 0.0909. The van der Waals surface area contributed by atoms with Gasteiger partial charge in [-0.1, -0.05) is 30.3 Å². The number of nitrogens with zero attached hydrogens (tertiary/aromatic N) is 2. The number of ether oxygens (including phenoxy) is 2. The molecule has 4 rings (SSSR count). The molecule has 1 heterocycles. The number of hydrogen-bond donors (Lipinski definition) is 1. The van der Waals surface area contributed by atoms with Crippen LogP contribution >= 0.6 is 0 Å². The Morgan fingerprint density at radius 3 is 2.56 bits per heavy atom. The molecule has 0 amide bonds. The molecule has 0 radical (unpaired) electrons. The van der Waals surface area contributed by atoms with E-state index in [9.17, 15) is 0 Å². The van der Waals surface area contributed by atoms with Crippen LogP contribution < -0.4 is 14.9 Å². The minimum atomic E-state index is 0.682. The molecule has 3 aromatic carbocycles. The van der Waals surface area contributed by atoms with Crippen LogP contribution in [-0.4, -0.2) is 25.4 Å². The monoisotopic (exact) mass is 357 g/mol. The van der Waals surface area contributed by atoms with E-state index in [4.69, 9.17) is 9.47 Å². The van der Waals surface area contributed by atoms with E-state index in [1.165, 1.54) is 0 Å². The molecule has 0 spiro atoms. The Morgan fingerprint density at radius 2 is 1.70 bits per heavy atom. The van der Waals surface area contributed by atoms with Gasteiger partial charge in [0.1, 0.15) is 17.3 Å². The van der Waals surface area contributed by atoms with Gasteiger partial charge in [-0.3, -0.25) is 5.43 Å². The molecule has 1 aromatic heterocycles. The van der Waals surface area contributed by atoms with Crippen molar-refractivity contribution in [2.24, 2.45) is 5.10 Å². The molecule has 4 aromatic rings. The van der Waals surface area contributed by atoms with E-state index < -0.39 is 0 Å². The molecule has 0 aliphatic heterocycles. The number of pyridine rings is 1. The standard InChI is InChI=1S/C22H19N3O2/c1-26-17-10-7-15-8-11-21(27-2)19(18(15)13-17)14-23-25-22-12-9-16-5-3-4-6-20(16)24-22/h3-14H,1-2H3,(H,24,25)/b23-14-. The zero-order chi connectivity index (χ0) is 18.6. The number of nitrogens with one attached hydrogen (secondary N) is 1. The van der Waals surface area contributed by atoms with Gasteiger partial charge in [-0.2, -0.15) is 5.10 Å². The molecule has 1 N–H and O–H groups in total. The lowest BCUT2D eigenvalue weighted by Crippen LogP contribution is -1.97. The fourth-order valence-electron chi connectivity index (χ4n) is 3.03. The molecule has 0 bridgehead atoms. The first-order valence-corrected chi connectivity index (χ1v) is 8.58. The second kappa shape index (κ2) is 7.33. The quantitative estimate of drug-likeness (QED) is 0.410. The molecule has 0 saturated heterocycles. The van der Waals surface area contributed by atoms with E-state index in [-0.39, 0.29) is 0 Å². The van der Waals surface area contributed by atoms with E-state index in [0.717, 1.165) is 38.7 Å². The van der Waals surface area contributed by atoms with Gasteiger partial charge in [0, 0.05) is 10.9 Å². The topological polar surface area (TPSA) is 55.7 Å². The number of methoxy groups -OCH3 is 2. The summed E-state index contributed by atoms with van der Waals surface area (Å²) in [7, 11) is 3.30. The second-order valence-electron chi connectivity index (χ2n) is 6.03. The van der Waals surface area contributed by atoms with Crippen LogP contribution in [0.3, 0.4) is 0 Å². The normalized spacial score (nSPS) is 11.2. The molecule has 5 nitrogen and oxygen atoms in total. The second-order valence-corrected chi connectivity index (χ2v) is 6.03. The maximum absolute atomic E-state index is 5.51. The Bertz CT molecular complexity index is 1130. The van der Waals surface area contributed by atoms with Crippen molar-refractivity contribution in [3.05, 3.63) is 72.3 Å². The molecule has 0 atom stereocenters. The van der Waals surface area contributed by atoms with E-state index >= 15 is 0 Å². The first-order chi connectivity index (χ1) is 13.3. The number of aromatic nitrogens is 1. The Morgan fingerprint density at radius 1 is 0.889 bits per heavy atom. The third-order valence-corrected chi connectivity index (χ3v) is 4.42. The maximum atomic E-state index is 5.51. The minimum Gasteiger partial charge on any atom is -0.497 e. The summed E-state index contributed by atoms with van der Waals surface area (Å²) in [4.78, 5) is 4.56. The number of rotatable bonds is 5. The average Bonchev–Trinajstić information content (AvgIpc) is 2.73. The van der Waals surface area contributed by atoms with Crippen LogP contribution in [0.25, 0.3) is 21.7 Å². The van der Waals surface area contributed by atoms with Crippen molar-refractivity contribution in [2.75, 3.05) is 19.6 Å². The minimum absolute atomic E-state index is 0.682. The predicted molar refractivity (Wildman–Crippen MR) is 110 cm³/mol. The van der Waals surface area contributed by atoms with Crippen LogP contribution in [0.5, 0.6) is 11.5 Å².